The first-order valence-electron chi connectivity index (χ1n) is 28.0. The molecule has 3 fully saturated rings. The standard InChI is InChI=1S/C60H71F5N10O8S/c1-33-29-74(30-34(2)73(33)7)47-18-16-38(24-46(47)71-54(80)42-28-68-49(77)26-43(42)60(63,64)65)41-17-15-39(23-44(41)61)53(79)67-22-10-8-9-21-66-50(78)27-45(36-11-13-37(14-12-36)51-35(3)69-32-84-51)70-55(81)48-25-40(76)31-75(48)56(82)52(58(4,5)6)72-57(83)59(62)19-20-59/h11-18,23-24,26,28,32-34,40,45,48,52,76H,8-10,19-22,25,27,29-31H2,1-7H3,(H,66,78)(H,67,79)(H,68,77)(H,70,81)(H,71,80)(H,72,83)/t33-,34+,40-,45+,48+,52-/m1/s1. The second-order valence-corrected chi connectivity index (χ2v) is 24.1. The third kappa shape index (κ3) is 14.8. The molecule has 8 rings (SSSR count). The second-order valence-electron chi connectivity index (χ2n) is 23.2. The number of β-amino-alcohol motifs (C(OH)–C–C–N with tert-alkyl or cyclic N) is 1. The van der Waals surface area contributed by atoms with Crippen molar-refractivity contribution in [3.63, 3.8) is 0 Å². The molecule has 0 bridgehead atoms. The van der Waals surface area contributed by atoms with Gasteiger partial charge in [0.25, 0.3) is 17.7 Å². The van der Waals surface area contributed by atoms with Crippen LogP contribution in [0.15, 0.2) is 83.2 Å². The molecule has 2 aromatic heterocycles. The van der Waals surface area contributed by atoms with E-state index in [1.54, 1.807) is 50.5 Å². The Labute approximate surface area is 487 Å². The highest BCUT2D eigenvalue weighted by Crippen LogP contribution is 2.41. The van der Waals surface area contributed by atoms with E-state index in [0.717, 1.165) is 22.2 Å². The minimum Gasteiger partial charge on any atom is -0.391 e. The largest absolute Gasteiger partial charge is 0.417 e. The van der Waals surface area contributed by atoms with E-state index < -0.39 is 99.4 Å². The fourth-order valence-electron chi connectivity index (χ4n) is 10.6. The first kappa shape index (κ1) is 62.5. The number of aliphatic hydroxyl groups is 1. The van der Waals surface area contributed by atoms with Crippen molar-refractivity contribution < 1.29 is 55.8 Å². The summed E-state index contributed by atoms with van der Waals surface area (Å²) in [5, 5.41) is 24.6. The van der Waals surface area contributed by atoms with Crippen LogP contribution < -0.4 is 37.0 Å². The van der Waals surface area contributed by atoms with E-state index in [0.29, 0.717) is 55.9 Å². The van der Waals surface area contributed by atoms with Crippen molar-refractivity contribution in [3.05, 3.63) is 123 Å². The molecule has 7 N–H and O–H groups in total. The zero-order valence-corrected chi connectivity index (χ0v) is 48.7. The topological polar surface area (TPSA) is 238 Å². The number of hydrogen-bond donors (Lipinski definition) is 7. The normalized spacial score (nSPS) is 19.5. The maximum Gasteiger partial charge on any atom is 0.417 e. The summed E-state index contributed by atoms with van der Waals surface area (Å²) in [5.41, 5.74) is -1.21. The number of carbonyl (C=O) groups excluding carboxylic acids is 6. The van der Waals surface area contributed by atoms with E-state index in [2.05, 4.69) is 41.5 Å². The summed E-state index contributed by atoms with van der Waals surface area (Å²) in [5.74, 6) is -5.03. The van der Waals surface area contributed by atoms with Crippen molar-refractivity contribution in [2.75, 3.05) is 50.0 Å². The van der Waals surface area contributed by atoms with Gasteiger partial charge < -0.3 is 46.5 Å². The number of piperazine rings is 1. The van der Waals surface area contributed by atoms with Crippen LogP contribution in [0.1, 0.15) is 123 Å². The number of benzene rings is 3. The van der Waals surface area contributed by atoms with Crippen LogP contribution in [0.2, 0.25) is 0 Å². The Morgan fingerprint density at radius 3 is 2.14 bits per heavy atom. The maximum absolute atomic E-state index is 16.0. The number of likely N-dealkylation sites (tertiary alicyclic amines) is 1. The van der Waals surface area contributed by atoms with Gasteiger partial charge in [0.05, 0.1) is 57.1 Å². The van der Waals surface area contributed by atoms with E-state index in [4.69, 9.17) is 0 Å². The number of amides is 6. The molecule has 1 saturated carbocycles. The second kappa shape index (κ2) is 25.7. The van der Waals surface area contributed by atoms with Crippen molar-refractivity contribution in [3.8, 4) is 21.6 Å². The number of aliphatic hydroxyl groups excluding tert-OH is 1. The highest BCUT2D eigenvalue weighted by atomic mass is 32.1. The van der Waals surface area contributed by atoms with Crippen LogP contribution in [0.4, 0.5) is 33.3 Å². The number of nitrogens with one attached hydrogen (secondary N) is 6. The monoisotopic (exact) mass is 1190 g/mol. The molecular formula is C60H71F5N10O8S. The lowest BCUT2D eigenvalue weighted by molar-refractivity contribution is -0.145. The van der Waals surface area contributed by atoms with E-state index in [1.807, 2.05) is 44.9 Å². The Balaban J connectivity index is 0.868. The molecule has 6 atom stereocenters. The number of aryl methyl sites for hydroxylation is 1. The number of unbranched alkanes of at least 4 members (excludes halogenated alkanes) is 2. The van der Waals surface area contributed by atoms with Crippen molar-refractivity contribution in [1.82, 2.24) is 41.0 Å². The van der Waals surface area contributed by atoms with E-state index in [9.17, 15) is 56.2 Å². The predicted octanol–water partition coefficient (Wildman–Crippen LogP) is 7.67. The Hall–Kier alpha value is -7.57. The summed E-state index contributed by atoms with van der Waals surface area (Å²) in [6.45, 7) is 12.3. The first-order chi connectivity index (χ1) is 39.6. The van der Waals surface area contributed by atoms with Gasteiger partial charge in [0.15, 0.2) is 5.67 Å². The number of rotatable bonds is 20. The van der Waals surface area contributed by atoms with Gasteiger partial charge in [-0.2, -0.15) is 13.2 Å². The summed E-state index contributed by atoms with van der Waals surface area (Å²) in [4.78, 5) is 106. The number of nitrogens with zero attached hydrogens (tertiary/aromatic N) is 4. The molecule has 24 heteroatoms. The number of carbonyl (C=O) groups is 6. The summed E-state index contributed by atoms with van der Waals surface area (Å²) in [7, 11) is 1.98. The SMILES string of the molecule is Cc1ncsc1-c1ccc([C@H](CC(=O)NCCCCCNC(=O)c2ccc(-c3ccc(N4C[C@@H](C)N(C)[C@@H](C)C4)c(NC(=O)c4c[nH]c(=O)cc4C(F)(F)F)c3)c(F)c2)NC(=O)[C@@H]2C[C@@H](O)CN2C(=O)[C@@H](NC(=O)C2(F)CC2)C(C)(C)C)cc1. The number of thiazole rings is 1. The molecule has 2 saturated heterocycles. The zero-order valence-electron chi connectivity index (χ0n) is 47.8. The van der Waals surface area contributed by atoms with Crippen LogP contribution in [-0.2, 0) is 25.4 Å². The van der Waals surface area contributed by atoms with E-state index >= 15 is 4.39 Å². The van der Waals surface area contributed by atoms with Crippen LogP contribution in [0.3, 0.4) is 0 Å². The average molecular weight is 1190 g/mol. The fraction of sp³-hybridized carbons (Fsp3) is 0.467. The van der Waals surface area contributed by atoms with Crippen LogP contribution in [0.5, 0.6) is 0 Å². The summed E-state index contributed by atoms with van der Waals surface area (Å²) >= 11 is 1.47. The van der Waals surface area contributed by atoms with Gasteiger partial charge in [-0.25, -0.2) is 13.8 Å². The Kier molecular flexibility index (Phi) is 19.1. The Bertz CT molecular complexity index is 3310. The molecule has 0 spiro atoms. The number of pyridine rings is 1. The third-order valence-corrected chi connectivity index (χ3v) is 16.8. The molecule has 4 heterocycles. The molecule has 1 aliphatic carbocycles. The number of anilines is 2. The molecule has 450 valence electrons. The van der Waals surface area contributed by atoms with E-state index in [-0.39, 0.29) is 79.8 Å². The molecular weight excluding hydrogens is 1120 g/mol. The smallest absolute Gasteiger partial charge is 0.391 e. The quantitative estimate of drug-likeness (QED) is 0.0295. The van der Waals surface area contributed by atoms with Crippen molar-refractivity contribution in [2.45, 2.75) is 135 Å². The summed E-state index contributed by atoms with van der Waals surface area (Å²) in [6, 6.07) is 13.1. The number of aromatic amines is 1. The minimum absolute atomic E-state index is 0.0210. The van der Waals surface area contributed by atoms with E-state index in [1.165, 1.54) is 34.4 Å². The maximum atomic E-state index is 16.0. The molecule has 3 aliphatic rings. The predicted molar refractivity (Wildman–Crippen MR) is 308 cm³/mol. The lowest BCUT2D eigenvalue weighted by Crippen LogP contribution is -2.59. The number of aromatic nitrogens is 2. The van der Waals surface area contributed by atoms with Crippen molar-refractivity contribution in [2.24, 2.45) is 5.41 Å². The molecule has 5 aromatic rings. The molecule has 84 heavy (non-hydrogen) atoms. The summed E-state index contributed by atoms with van der Waals surface area (Å²) < 4.78 is 72.8. The van der Waals surface area contributed by atoms with Crippen LogP contribution in [0, 0.1) is 18.2 Å². The molecule has 18 nitrogen and oxygen atoms in total. The Morgan fingerprint density at radius 1 is 0.857 bits per heavy atom. The molecule has 0 unspecified atom stereocenters. The number of halogens is 5. The molecule has 3 aromatic carbocycles. The fourth-order valence-corrected chi connectivity index (χ4v) is 11.4. The highest BCUT2D eigenvalue weighted by Gasteiger charge is 2.53. The number of alkyl halides is 4. The molecule has 2 aliphatic heterocycles. The number of likely N-dealkylation sites (N-methyl/N-ethyl adjacent to an activating group) is 1. The molecule has 0 radical (unpaired) electrons. The van der Waals surface area contributed by atoms with Gasteiger partial charge in [-0.3, -0.25) is 38.5 Å². The van der Waals surface area contributed by atoms with Gasteiger partial charge in [0.1, 0.15) is 17.9 Å². The van der Waals surface area contributed by atoms with Gasteiger partial charge in [-0.1, -0.05) is 57.2 Å². The average Bonchev–Trinajstić information content (AvgIpc) is 3.47. The van der Waals surface area contributed by atoms with Crippen LogP contribution in [0.25, 0.3) is 21.6 Å². The molecule has 6 amide bonds. The van der Waals surface area contributed by atoms with Gasteiger partial charge >= 0.3 is 6.18 Å². The van der Waals surface area contributed by atoms with Crippen molar-refractivity contribution in [1.29, 1.82) is 0 Å². The van der Waals surface area contributed by atoms with Crippen LogP contribution >= 0.6 is 11.3 Å². The number of hydrogen-bond acceptors (Lipinski definition) is 12. The first-order valence-corrected chi connectivity index (χ1v) is 28.9. The van der Waals surface area contributed by atoms with Gasteiger partial charge in [-0.05, 0) is 106 Å². The number of H-pyrrole nitrogens is 1. The highest BCUT2D eigenvalue weighted by molar-refractivity contribution is 7.13. The van der Waals surface area contributed by atoms with Gasteiger partial charge in [0.2, 0.25) is 23.3 Å². The minimum atomic E-state index is -5.01. The lowest BCUT2D eigenvalue weighted by atomic mass is 9.85. The van der Waals surface area contributed by atoms with Gasteiger partial charge in [-0.15, -0.1) is 11.3 Å². The van der Waals surface area contributed by atoms with Crippen molar-refractivity contribution >= 4 is 58.2 Å². The lowest BCUT2D eigenvalue weighted by Gasteiger charge is -2.44. The Morgan fingerprint density at radius 2 is 1.52 bits per heavy atom. The van der Waals surface area contributed by atoms with Gasteiger partial charge in [0, 0.05) is 74.6 Å². The van der Waals surface area contributed by atoms with Crippen LogP contribution in [-0.4, -0.2) is 136 Å². The summed E-state index contributed by atoms with van der Waals surface area (Å²) in [6.07, 6.45) is -4.00. The third-order valence-electron chi connectivity index (χ3n) is 15.8. The zero-order chi connectivity index (χ0) is 61.0.